The normalized spacial score (nSPS) is 10.9. The molecule has 1 aromatic heterocycles. The van der Waals surface area contributed by atoms with Gasteiger partial charge in [0.2, 0.25) is 0 Å². The Morgan fingerprint density at radius 3 is 2.62 bits per heavy atom. The Labute approximate surface area is 84.7 Å². The Morgan fingerprint density at radius 1 is 1.54 bits per heavy atom. The second-order valence-corrected chi connectivity index (χ2v) is 3.17. The number of aromatic nitrogens is 1. The summed E-state index contributed by atoms with van der Waals surface area (Å²) in [5.74, 6) is 0.0216. The van der Waals surface area contributed by atoms with Gasteiger partial charge in [-0.25, -0.2) is 13.8 Å². The van der Waals surface area contributed by atoms with Crippen LogP contribution in [0.1, 0.15) is 23.1 Å². The molecule has 0 saturated carbocycles. The average molecular weight is 226 g/mol. The van der Waals surface area contributed by atoms with Gasteiger partial charge in [-0.05, 0) is 18.1 Å². The summed E-state index contributed by atoms with van der Waals surface area (Å²) in [6.45, 7) is 1.62. The molecule has 1 nitrogen and oxygen atoms in total. The zero-order valence-corrected chi connectivity index (χ0v) is 8.33. The van der Waals surface area contributed by atoms with Crippen molar-refractivity contribution < 1.29 is 8.78 Å². The summed E-state index contributed by atoms with van der Waals surface area (Å²) in [6, 6.07) is 0. The van der Waals surface area contributed by atoms with Crippen molar-refractivity contribution in [2.75, 3.05) is 0 Å². The van der Waals surface area contributed by atoms with Crippen molar-refractivity contribution in [3.8, 4) is 0 Å². The Kier molecular flexibility index (Phi) is 3.45. The molecule has 0 aromatic carbocycles. The molecule has 0 fully saturated rings. The summed E-state index contributed by atoms with van der Waals surface area (Å²) in [7, 11) is 0. The third kappa shape index (κ3) is 2.09. The SMILES string of the molecule is Cc1c(Cl)ncc(C(F)F)c1CCl. The molecule has 0 spiro atoms. The molecule has 0 unspecified atom stereocenters. The van der Waals surface area contributed by atoms with Gasteiger partial charge in [-0.3, -0.25) is 0 Å². The molecular formula is C8H7Cl2F2N. The van der Waals surface area contributed by atoms with Crippen molar-refractivity contribution >= 4 is 23.2 Å². The molecule has 1 aromatic rings. The summed E-state index contributed by atoms with van der Waals surface area (Å²) in [6.07, 6.45) is -1.49. The molecule has 1 rings (SSSR count). The third-order valence-corrected chi connectivity index (χ3v) is 2.44. The van der Waals surface area contributed by atoms with Crippen LogP contribution in [0.3, 0.4) is 0 Å². The van der Waals surface area contributed by atoms with E-state index in [-0.39, 0.29) is 16.6 Å². The van der Waals surface area contributed by atoms with Crippen LogP contribution < -0.4 is 0 Å². The standard InChI is InChI=1S/C8H7Cl2F2N/c1-4-5(2-9)6(8(11)12)3-13-7(4)10/h3,8H,2H2,1H3. The highest BCUT2D eigenvalue weighted by Gasteiger charge is 2.16. The minimum absolute atomic E-state index is 0.0216. The van der Waals surface area contributed by atoms with Crippen molar-refractivity contribution in [1.82, 2.24) is 4.98 Å². The second kappa shape index (κ2) is 4.20. The van der Waals surface area contributed by atoms with Crippen LogP contribution in [0.4, 0.5) is 8.78 Å². The lowest BCUT2D eigenvalue weighted by molar-refractivity contribution is 0.150. The van der Waals surface area contributed by atoms with Crippen molar-refractivity contribution in [1.29, 1.82) is 0 Å². The van der Waals surface area contributed by atoms with Crippen LogP contribution in [0, 0.1) is 6.92 Å². The maximum Gasteiger partial charge on any atom is 0.265 e. The smallest absolute Gasteiger partial charge is 0.244 e. The van der Waals surface area contributed by atoms with Crippen molar-refractivity contribution in [2.24, 2.45) is 0 Å². The molecule has 0 amide bonds. The lowest BCUT2D eigenvalue weighted by Crippen LogP contribution is -1.98. The maximum atomic E-state index is 12.4. The summed E-state index contributed by atoms with van der Waals surface area (Å²) in [5.41, 5.74) is 0.753. The van der Waals surface area contributed by atoms with Gasteiger partial charge in [0.25, 0.3) is 6.43 Å². The number of pyridine rings is 1. The fourth-order valence-electron chi connectivity index (χ4n) is 1.01. The van der Waals surface area contributed by atoms with E-state index in [1.165, 1.54) is 0 Å². The van der Waals surface area contributed by atoms with Crippen LogP contribution in [-0.4, -0.2) is 4.98 Å². The fraction of sp³-hybridized carbons (Fsp3) is 0.375. The minimum atomic E-state index is -2.56. The zero-order chi connectivity index (χ0) is 10.0. The van der Waals surface area contributed by atoms with Crippen molar-refractivity contribution in [3.63, 3.8) is 0 Å². The van der Waals surface area contributed by atoms with Gasteiger partial charge in [0.05, 0.1) is 0 Å². The van der Waals surface area contributed by atoms with E-state index in [0.717, 1.165) is 6.20 Å². The van der Waals surface area contributed by atoms with E-state index in [4.69, 9.17) is 23.2 Å². The fourth-order valence-corrected chi connectivity index (χ4v) is 1.53. The molecule has 1 heterocycles. The highest BCUT2D eigenvalue weighted by Crippen LogP contribution is 2.28. The van der Waals surface area contributed by atoms with Gasteiger partial charge in [-0.1, -0.05) is 11.6 Å². The van der Waals surface area contributed by atoms with Crippen LogP contribution in [-0.2, 0) is 5.88 Å². The van der Waals surface area contributed by atoms with Gasteiger partial charge in [0.15, 0.2) is 0 Å². The number of halogens is 4. The number of nitrogens with zero attached hydrogens (tertiary/aromatic N) is 1. The quantitative estimate of drug-likeness (QED) is 0.553. The molecule has 5 heteroatoms. The topological polar surface area (TPSA) is 12.9 Å². The number of alkyl halides is 3. The molecule has 72 valence electrons. The number of hydrogen-bond acceptors (Lipinski definition) is 1. The third-order valence-electron chi connectivity index (χ3n) is 1.80. The van der Waals surface area contributed by atoms with E-state index < -0.39 is 6.43 Å². The van der Waals surface area contributed by atoms with E-state index in [9.17, 15) is 8.78 Å². The van der Waals surface area contributed by atoms with Crippen LogP contribution >= 0.6 is 23.2 Å². The minimum Gasteiger partial charge on any atom is -0.244 e. The Hall–Kier alpha value is -0.410. The maximum absolute atomic E-state index is 12.4. The number of rotatable bonds is 2. The zero-order valence-electron chi connectivity index (χ0n) is 6.82. The van der Waals surface area contributed by atoms with Gasteiger partial charge < -0.3 is 0 Å². The van der Waals surface area contributed by atoms with Gasteiger partial charge >= 0.3 is 0 Å². The Morgan fingerprint density at radius 2 is 2.15 bits per heavy atom. The summed E-state index contributed by atoms with van der Waals surface area (Å²) in [4.78, 5) is 3.64. The first-order chi connectivity index (χ1) is 6.07. The highest BCUT2D eigenvalue weighted by molar-refractivity contribution is 6.30. The molecule has 0 aliphatic carbocycles. The molecule has 13 heavy (non-hydrogen) atoms. The summed E-state index contributed by atoms with van der Waals surface area (Å²) in [5, 5.41) is 0.222. The second-order valence-electron chi connectivity index (χ2n) is 2.54. The van der Waals surface area contributed by atoms with Gasteiger partial charge in [0.1, 0.15) is 5.15 Å². The van der Waals surface area contributed by atoms with Crippen molar-refractivity contribution in [3.05, 3.63) is 28.0 Å². The number of hydrogen-bond donors (Lipinski definition) is 0. The molecular weight excluding hydrogens is 219 g/mol. The molecule has 0 bridgehead atoms. The molecule has 0 aliphatic heterocycles. The van der Waals surface area contributed by atoms with Gasteiger partial charge in [-0.2, -0.15) is 0 Å². The van der Waals surface area contributed by atoms with E-state index in [1.54, 1.807) is 6.92 Å². The Balaban J connectivity index is 3.30. The van der Waals surface area contributed by atoms with Crippen molar-refractivity contribution in [2.45, 2.75) is 19.2 Å². The van der Waals surface area contributed by atoms with Crippen LogP contribution in [0.2, 0.25) is 5.15 Å². The van der Waals surface area contributed by atoms with E-state index in [0.29, 0.717) is 11.1 Å². The Bertz CT molecular complexity index is 315. The lowest BCUT2D eigenvalue weighted by atomic mass is 10.1. The summed E-state index contributed by atoms with van der Waals surface area (Å²) >= 11 is 11.2. The van der Waals surface area contributed by atoms with Gasteiger partial charge in [0, 0.05) is 17.6 Å². The van der Waals surface area contributed by atoms with Gasteiger partial charge in [-0.15, -0.1) is 11.6 Å². The predicted octanol–water partition coefficient (Wildman–Crippen LogP) is 3.72. The van der Waals surface area contributed by atoms with Crippen LogP contribution in [0.25, 0.3) is 0 Å². The monoisotopic (exact) mass is 225 g/mol. The largest absolute Gasteiger partial charge is 0.265 e. The average Bonchev–Trinajstić information content (AvgIpc) is 2.09. The predicted molar refractivity (Wildman–Crippen MR) is 48.5 cm³/mol. The molecule has 0 saturated heterocycles. The first kappa shape index (κ1) is 10.7. The highest BCUT2D eigenvalue weighted by atomic mass is 35.5. The molecule has 0 N–H and O–H groups in total. The summed E-state index contributed by atoms with van der Waals surface area (Å²) < 4.78 is 24.8. The first-order valence-electron chi connectivity index (χ1n) is 3.56. The van der Waals surface area contributed by atoms with E-state index in [2.05, 4.69) is 4.98 Å². The van der Waals surface area contributed by atoms with E-state index >= 15 is 0 Å². The van der Waals surface area contributed by atoms with E-state index in [1.807, 2.05) is 0 Å². The van der Waals surface area contributed by atoms with Crippen LogP contribution in [0.5, 0.6) is 0 Å². The molecule has 0 aliphatic rings. The van der Waals surface area contributed by atoms with Crippen LogP contribution in [0.15, 0.2) is 6.20 Å². The molecule has 0 radical (unpaired) electrons. The lowest BCUT2D eigenvalue weighted by Gasteiger charge is -2.09. The first-order valence-corrected chi connectivity index (χ1v) is 4.47. The molecule has 0 atom stereocenters.